The smallest absolute Gasteiger partial charge is 0.326 e. The SMILES string of the molecule is Cc1c(C2=NS(=O)(=O)c3ccccc32)c2cc(Cl)ccc2n1CC(=O)OC(C)(C)C. The van der Waals surface area contributed by atoms with Crippen molar-refractivity contribution in [1.82, 2.24) is 4.57 Å². The molecule has 0 aliphatic carbocycles. The van der Waals surface area contributed by atoms with Crippen molar-refractivity contribution in [2.75, 3.05) is 0 Å². The molecule has 0 fully saturated rings. The van der Waals surface area contributed by atoms with Crippen LogP contribution in [-0.2, 0) is 26.1 Å². The predicted octanol–water partition coefficient (Wildman–Crippen LogP) is 4.48. The maximum absolute atomic E-state index is 12.6. The monoisotopic (exact) mass is 444 g/mol. The van der Waals surface area contributed by atoms with Crippen molar-refractivity contribution in [2.45, 2.75) is 44.7 Å². The minimum Gasteiger partial charge on any atom is -0.459 e. The van der Waals surface area contributed by atoms with Gasteiger partial charge in [-0.2, -0.15) is 12.8 Å². The second-order valence-corrected chi connectivity index (χ2v) is 10.2. The Kier molecular flexibility index (Phi) is 4.78. The Balaban J connectivity index is 1.93. The quantitative estimate of drug-likeness (QED) is 0.558. The number of sulfonamides is 1. The molecule has 6 nitrogen and oxygen atoms in total. The molecule has 0 bridgehead atoms. The predicted molar refractivity (Wildman–Crippen MR) is 117 cm³/mol. The van der Waals surface area contributed by atoms with Gasteiger partial charge < -0.3 is 9.30 Å². The zero-order chi connectivity index (χ0) is 21.8. The highest BCUT2D eigenvalue weighted by atomic mass is 35.5. The lowest BCUT2D eigenvalue weighted by Gasteiger charge is -2.20. The van der Waals surface area contributed by atoms with Crippen molar-refractivity contribution >= 4 is 44.2 Å². The molecule has 0 saturated heterocycles. The summed E-state index contributed by atoms with van der Waals surface area (Å²) in [6.45, 7) is 7.26. The topological polar surface area (TPSA) is 77.7 Å². The third kappa shape index (κ3) is 3.52. The summed E-state index contributed by atoms with van der Waals surface area (Å²) in [7, 11) is -3.78. The number of fused-ring (bicyclic) bond motifs is 2. The second kappa shape index (κ2) is 6.96. The maximum Gasteiger partial charge on any atom is 0.326 e. The van der Waals surface area contributed by atoms with Gasteiger partial charge in [0.15, 0.2) is 0 Å². The Hall–Kier alpha value is -2.64. The van der Waals surface area contributed by atoms with Gasteiger partial charge in [0, 0.05) is 32.7 Å². The number of rotatable bonds is 3. The molecule has 0 saturated carbocycles. The number of carbonyl (C=O) groups is 1. The minimum atomic E-state index is -3.78. The van der Waals surface area contributed by atoms with Crippen LogP contribution in [0.4, 0.5) is 0 Å². The molecule has 30 heavy (non-hydrogen) atoms. The van der Waals surface area contributed by atoms with Gasteiger partial charge in [-0.05, 0) is 52.0 Å². The average Bonchev–Trinajstić information content (AvgIpc) is 3.04. The van der Waals surface area contributed by atoms with E-state index in [0.717, 1.165) is 10.9 Å². The molecule has 1 aliphatic heterocycles. The van der Waals surface area contributed by atoms with E-state index in [2.05, 4.69) is 4.40 Å². The number of nitrogens with zero attached hydrogens (tertiary/aromatic N) is 2. The lowest BCUT2D eigenvalue weighted by Crippen LogP contribution is -2.26. The molecule has 0 atom stereocenters. The van der Waals surface area contributed by atoms with Crippen molar-refractivity contribution in [3.05, 3.63) is 64.3 Å². The van der Waals surface area contributed by atoms with E-state index < -0.39 is 15.6 Å². The molecule has 0 N–H and O–H groups in total. The number of carbonyl (C=O) groups excluding carboxylic acids is 1. The molecule has 2 heterocycles. The first-order chi connectivity index (χ1) is 14.0. The van der Waals surface area contributed by atoms with Crippen LogP contribution >= 0.6 is 11.6 Å². The van der Waals surface area contributed by atoms with E-state index in [9.17, 15) is 13.2 Å². The summed E-state index contributed by atoms with van der Waals surface area (Å²) in [5.41, 5.74) is 2.40. The first-order valence-corrected chi connectivity index (χ1v) is 11.2. The first kappa shape index (κ1) is 20.6. The van der Waals surface area contributed by atoms with Gasteiger partial charge >= 0.3 is 5.97 Å². The fourth-order valence-corrected chi connectivity index (χ4v) is 5.14. The van der Waals surface area contributed by atoms with Crippen LogP contribution in [0.3, 0.4) is 0 Å². The van der Waals surface area contributed by atoms with Crippen LogP contribution in [0.5, 0.6) is 0 Å². The number of hydrogen-bond donors (Lipinski definition) is 0. The highest BCUT2D eigenvalue weighted by Gasteiger charge is 2.32. The van der Waals surface area contributed by atoms with Crippen molar-refractivity contribution in [3.8, 4) is 0 Å². The number of benzene rings is 2. The van der Waals surface area contributed by atoms with Gasteiger partial charge in [0.25, 0.3) is 10.0 Å². The molecule has 8 heteroatoms. The fraction of sp³-hybridized carbons (Fsp3) is 0.273. The molecular formula is C22H21ClN2O4S. The summed E-state index contributed by atoms with van der Waals surface area (Å²) in [5, 5.41) is 1.24. The van der Waals surface area contributed by atoms with E-state index in [1.165, 1.54) is 0 Å². The molecule has 0 amide bonds. The van der Waals surface area contributed by atoms with Gasteiger partial charge in [-0.15, -0.1) is 0 Å². The Labute approximate surface area is 180 Å². The summed E-state index contributed by atoms with van der Waals surface area (Å²) in [5.74, 6) is -0.384. The molecule has 3 aromatic rings. The van der Waals surface area contributed by atoms with Crippen molar-refractivity contribution < 1.29 is 17.9 Å². The first-order valence-electron chi connectivity index (χ1n) is 9.43. The van der Waals surface area contributed by atoms with Gasteiger partial charge in [0.05, 0.1) is 10.6 Å². The summed E-state index contributed by atoms with van der Waals surface area (Å²) in [4.78, 5) is 12.7. The van der Waals surface area contributed by atoms with Gasteiger partial charge in [-0.25, -0.2) is 0 Å². The van der Waals surface area contributed by atoms with Crippen molar-refractivity contribution in [3.63, 3.8) is 0 Å². The zero-order valence-electron chi connectivity index (χ0n) is 17.1. The molecule has 1 aromatic heterocycles. The number of aromatic nitrogens is 1. The number of hydrogen-bond acceptors (Lipinski definition) is 4. The highest BCUT2D eigenvalue weighted by molar-refractivity contribution is 7.90. The fourth-order valence-electron chi connectivity index (χ4n) is 3.75. The normalized spacial score (nSPS) is 15.2. The molecule has 4 rings (SSSR count). The van der Waals surface area contributed by atoms with Crippen LogP contribution in [-0.4, -0.2) is 30.3 Å². The van der Waals surface area contributed by atoms with E-state index >= 15 is 0 Å². The van der Waals surface area contributed by atoms with Crippen LogP contribution in [0.15, 0.2) is 51.8 Å². The Morgan fingerprint density at radius 1 is 1.17 bits per heavy atom. The Morgan fingerprint density at radius 2 is 1.87 bits per heavy atom. The summed E-state index contributed by atoms with van der Waals surface area (Å²) >= 11 is 6.25. The van der Waals surface area contributed by atoms with Crippen LogP contribution in [0, 0.1) is 6.92 Å². The Morgan fingerprint density at radius 3 is 2.57 bits per heavy atom. The van der Waals surface area contributed by atoms with E-state index in [1.54, 1.807) is 36.4 Å². The van der Waals surface area contributed by atoms with Crippen LogP contribution < -0.4 is 0 Å². The lowest BCUT2D eigenvalue weighted by atomic mass is 10.00. The summed E-state index contributed by atoms with van der Waals surface area (Å²) in [6.07, 6.45) is 0. The molecule has 1 aliphatic rings. The van der Waals surface area contributed by atoms with Crippen molar-refractivity contribution in [2.24, 2.45) is 4.40 Å². The summed E-state index contributed by atoms with van der Waals surface area (Å²) < 4.78 is 36.6. The van der Waals surface area contributed by atoms with E-state index in [4.69, 9.17) is 16.3 Å². The molecule has 2 aromatic carbocycles. The third-order valence-corrected chi connectivity index (χ3v) is 6.43. The number of esters is 1. The van der Waals surface area contributed by atoms with Gasteiger partial charge in [-0.1, -0.05) is 29.8 Å². The average molecular weight is 445 g/mol. The summed E-state index contributed by atoms with van der Waals surface area (Å²) in [6, 6.07) is 12.0. The van der Waals surface area contributed by atoms with E-state index in [0.29, 0.717) is 27.6 Å². The van der Waals surface area contributed by atoms with E-state index in [1.807, 2.05) is 38.3 Å². The molecule has 0 unspecified atom stereocenters. The standard InChI is InChI=1S/C22H21ClN2O4S/c1-13-20(21-15-7-5-6-8-18(15)30(27,28)24-21)16-11-14(23)9-10-17(16)25(13)12-19(26)29-22(2,3)4/h5-11H,12H2,1-4H3. The lowest BCUT2D eigenvalue weighted by molar-refractivity contribution is -0.155. The van der Waals surface area contributed by atoms with Gasteiger partial charge in [-0.3, -0.25) is 4.79 Å². The second-order valence-electron chi connectivity index (χ2n) is 8.21. The van der Waals surface area contributed by atoms with Gasteiger partial charge in [0.2, 0.25) is 0 Å². The molecule has 0 radical (unpaired) electrons. The van der Waals surface area contributed by atoms with E-state index in [-0.39, 0.29) is 17.4 Å². The Bertz CT molecular complexity index is 1330. The zero-order valence-corrected chi connectivity index (χ0v) is 18.6. The van der Waals surface area contributed by atoms with Gasteiger partial charge in [0.1, 0.15) is 12.1 Å². The maximum atomic E-state index is 12.6. The van der Waals surface area contributed by atoms with Crippen LogP contribution in [0.25, 0.3) is 10.9 Å². The molecule has 156 valence electrons. The largest absolute Gasteiger partial charge is 0.459 e. The third-order valence-electron chi connectivity index (χ3n) is 4.86. The van der Waals surface area contributed by atoms with Crippen LogP contribution in [0.2, 0.25) is 5.02 Å². The minimum absolute atomic E-state index is 0.0110. The highest BCUT2D eigenvalue weighted by Crippen LogP contribution is 2.36. The molecule has 0 spiro atoms. The number of ether oxygens (including phenoxy) is 1. The molecular weight excluding hydrogens is 424 g/mol. The van der Waals surface area contributed by atoms with Crippen molar-refractivity contribution in [1.29, 1.82) is 0 Å². The number of halogens is 1. The van der Waals surface area contributed by atoms with Crippen LogP contribution in [0.1, 0.15) is 37.6 Å².